The van der Waals surface area contributed by atoms with Crippen molar-refractivity contribution in [3.63, 3.8) is 0 Å². The largest absolute Gasteiger partial charge is 0.368 e. The maximum absolute atomic E-state index is 13.9. The lowest BCUT2D eigenvalue weighted by Gasteiger charge is -2.35. The third kappa shape index (κ3) is 6.00. The zero-order chi connectivity index (χ0) is 28.4. The summed E-state index contributed by atoms with van der Waals surface area (Å²) in [4.78, 5) is 40.0. The Bertz CT molecular complexity index is 1500. The number of alkyl halides is 2. The SMILES string of the molecule is CC(=O)N1CCN(c2ccc(NC(=O)c3cnc(-c4c(-c5ccc(F)cc5)ncn4CC(C)(F)F)[nH]3)cc2)CC1. The highest BCUT2D eigenvalue weighted by Gasteiger charge is 2.27. The first kappa shape index (κ1) is 27.0. The number of halogens is 3. The van der Waals surface area contributed by atoms with Crippen molar-refractivity contribution in [2.24, 2.45) is 0 Å². The molecule has 1 saturated heterocycles. The molecule has 2 amide bonds. The van der Waals surface area contributed by atoms with Crippen LogP contribution >= 0.6 is 0 Å². The Morgan fingerprint density at radius 2 is 1.68 bits per heavy atom. The van der Waals surface area contributed by atoms with Crippen LogP contribution in [-0.2, 0) is 11.3 Å². The van der Waals surface area contributed by atoms with Crippen molar-refractivity contribution in [1.29, 1.82) is 0 Å². The lowest BCUT2D eigenvalue weighted by molar-refractivity contribution is -0.129. The summed E-state index contributed by atoms with van der Waals surface area (Å²) >= 11 is 0. The monoisotopic (exact) mass is 551 g/mol. The topological polar surface area (TPSA) is 99.2 Å². The van der Waals surface area contributed by atoms with E-state index in [1.165, 1.54) is 41.4 Å². The van der Waals surface area contributed by atoms with Crippen LogP contribution in [0.25, 0.3) is 22.8 Å². The summed E-state index contributed by atoms with van der Waals surface area (Å²) in [5, 5.41) is 2.81. The van der Waals surface area contributed by atoms with Gasteiger partial charge in [-0.1, -0.05) is 0 Å². The normalized spacial score (nSPS) is 13.9. The fraction of sp³-hybridized carbons (Fsp3) is 0.286. The summed E-state index contributed by atoms with van der Waals surface area (Å²) < 4.78 is 42.6. The molecule has 2 aromatic carbocycles. The molecule has 0 aliphatic carbocycles. The van der Waals surface area contributed by atoms with Gasteiger partial charge in [-0.3, -0.25) is 9.59 Å². The second kappa shape index (κ2) is 10.9. The lowest BCUT2D eigenvalue weighted by Crippen LogP contribution is -2.48. The Kier molecular flexibility index (Phi) is 7.33. The Hall–Kier alpha value is -4.61. The van der Waals surface area contributed by atoms with E-state index in [-0.39, 0.29) is 23.1 Å². The molecule has 1 aliphatic heterocycles. The van der Waals surface area contributed by atoms with Crippen molar-refractivity contribution in [3.8, 4) is 22.8 Å². The third-order valence-electron chi connectivity index (χ3n) is 6.66. The first-order valence-corrected chi connectivity index (χ1v) is 12.7. The number of carbonyl (C=O) groups is 2. The van der Waals surface area contributed by atoms with Crippen molar-refractivity contribution >= 4 is 23.2 Å². The summed E-state index contributed by atoms with van der Waals surface area (Å²) in [6.07, 6.45) is 2.60. The van der Waals surface area contributed by atoms with Crippen LogP contribution in [0.3, 0.4) is 0 Å². The first-order valence-electron chi connectivity index (χ1n) is 12.7. The maximum atomic E-state index is 13.9. The van der Waals surface area contributed by atoms with Gasteiger partial charge >= 0.3 is 0 Å². The van der Waals surface area contributed by atoms with E-state index in [0.29, 0.717) is 30.0 Å². The van der Waals surface area contributed by atoms with Crippen molar-refractivity contribution in [1.82, 2.24) is 24.4 Å². The molecule has 12 heteroatoms. The molecule has 1 aliphatic rings. The predicted molar refractivity (Wildman–Crippen MR) is 145 cm³/mol. The number of imidazole rings is 2. The van der Waals surface area contributed by atoms with E-state index in [1.54, 1.807) is 19.1 Å². The highest BCUT2D eigenvalue weighted by Crippen LogP contribution is 2.31. The van der Waals surface area contributed by atoms with Gasteiger partial charge in [-0.15, -0.1) is 0 Å². The lowest BCUT2D eigenvalue weighted by atomic mass is 10.1. The summed E-state index contributed by atoms with van der Waals surface area (Å²) in [5.74, 6) is -3.69. The minimum atomic E-state index is -3.03. The van der Waals surface area contributed by atoms with Crippen LogP contribution in [0, 0.1) is 5.82 Å². The minimum absolute atomic E-state index is 0.0686. The van der Waals surface area contributed by atoms with Gasteiger partial charge in [0.1, 0.15) is 17.2 Å². The summed E-state index contributed by atoms with van der Waals surface area (Å²) in [7, 11) is 0. The van der Waals surface area contributed by atoms with Crippen molar-refractivity contribution in [2.45, 2.75) is 26.3 Å². The van der Waals surface area contributed by atoms with E-state index >= 15 is 0 Å². The Morgan fingerprint density at radius 1 is 1.00 bits per heavy atom. The predicted octanol–water partition coefficient (Wildman–Crippen LogP) is 4.66. The number of aromatic amines is 1. The van der Waals surface area contributed by atoms with Crippen LogP contribution in [0.4, 0.5) is 24.5 Å². The number of aromatic nitrogens is 4. The molecule has 3 heterocycles. The standard InChI is InChI=1S/C28H28F3N7O2/c1-18(39)36-11-13-37(14-12-36)22-9-7-21(8-10-22)34-27(40)23-15-32-26(35-23)25-24(19-3-5-20(29)6-4-19)33-17-38(25)16-28(2,30)31/h3-10,15,17H,11-14,16H2,1-2H3,(H,32,35)(H,34,40). The highest BCUT2D eigenvalue weighted by molar-refractivity contribution is 6.03. The fourth-order valence-corrected chi connectivity index (χ4v) is 4.66. The summed E-state index contributed by atoms with van der Waals surface area (Å²) in [5.41, 5.74) is 2.77. The van der Waals surface area contributed by atoms with Crippen LogP contribution in [0.5, 0.6) is 0 Å². The number of piperazine rings is 1. The van der Waals surface area contributed by atoms with E-state index in [2.05, 4.69) is 25.2 Å². The minimum Gasteiger partial charge on any atom is -0.368 e. The van der Waals surface area contributed by atoms with Gasteiger partial charge in [0.2, 0.25) is 5.91 Å². The fourth-order valence-electron chi connectivity index (χ4n) is 4.66. The molecular weight excluding hydrogens is 523 g/mol. The molecule has 208 valence electrons. The van der Waals surface area contributed by atoms with E-state index in [4.69, 9.17) is 0 Å². The van der Waals surface area contributed by atoms with Gasteiger partial charge in [0.25, 0.3) is 11.8 Å². The number of hydrogen-bond acceptors (Lipinski definition) is 5. The van der Waals surface area contributed by atoms with Crippen LogP contribution in [0.2, 0.25) is 0 Å². The van der Waals surface area contributed by atoms with Crippen LogP contribution < -0.4 is 10.2 Å². The molecule has 0 spiro atoms. The van der Waals surface area contributed by atoms with Crippen molar-refractivity contribution in [3.05, 3.63) is 72.6 Å². The Balaban J connectivity index is 1.33. The summed E-state index contributed by atoms with van der Waals surface area (Å²) in [6.45, 7) is 4.48. The zero-order valence-electron chi connectivity index (χ0n) is 22.0. The first-order chi connectivity index (χ1) is 19.1. The molecule has 0 radical (unpaired) electrons. The van der Waals surface area contributed by atoms with E-state index in [9.17, 15) is 22.8 Å². The number of H-pyrrole nitrogens is 1. The van der Waals surface area contributed by atoms with Crippen molar-refractivity contribution in [2.75, 3.05) is 36.4 Å². The van der Waals surface area contributed by atoms with Gasteiger partial charge in [-0.2, -0.15) is 0 Å². The molecule has 1 fully saturated rings. The molecule has 2 N–H and O–H groups in total. The Morgan fingerprint density at radius 3 is 2.30 bits per heavy atom. The number of rotatable bonds is 7. The second-order valence-electron chi connectivity index (χ2n) is 9.79. The molecule has 0 saturated carbocycles. The average molecular weight is 552 g/mol. The van der Waals surface area contributed by atoms with Crippen LogP contribution in [0.15, 0.2) is 61.1 Å². The molecule has 2 aromatic heterocycles. The molecule has 0 bridgehead atoms. The molecule has 0 unspecified atom stereocenters. The van der Waals surface area contributed by atoms with Gasteiger partial charge in [0, 0.05) is 57.0 Å². The average Bonchev–Trinajstić information content (AvgIpc) is 3.56. The number of anilines is 2. The van der Waals surface area contributed by atoms with E-state index in [0.717, 1.165) is 25.7 Å². The molecular formula is C28H28F3N7O2. The van der Waals surface area contributed by atoms with Gasteiger partial charge in [-0.05, 0) is 48.5 Å². The van der Waals surface area contributed by atoms with E-state index < -0.39 is 24.2 Å². The van der Waals surface area contributed by atoms with Gasteiger partial charge in [-0.25, -0.2) is 23.1 Å². The number of nitrogens with zero attached hydrogens (tertiary/aromatic N) is 5. The smallest absolute Gasteiger partial charge is 0.273 e. The molecule has 9 nitrogen and oxygen atoms in total. The highest BCUT2D eigenvalue weighted by atomic mass is 19.3. The van der Waals surface area contributed by atoms with Crippen LogP contribution in [0.1, 0.15) is 24.3 Å². The number of nitrogens with one attached hydrogen (secondary N) is 2. The van der Waals surface area contributed by atoms with Gasteiger partial charge < -0.3 is 24.7 Å². The third-order valence-corrected chi connectivity index (χ3v) is 6.66. The molecule has 4 aromatic rings. The number of amides is 2. The molecule has 5 rings (SSSR count). The van der Waals surface area contributed by atoms with Gasteiger partial charge in [0.05, 0.1) is 24.8 Å². The maximum Gasteiger partial charge on any atom is 0.273 e. The van der Waals surface area contributed by atoms with E-state index in [1.807, 2.05) is 17.0 Å². The summed E-state index contributed by atoms with van der Waals surface area (Å²) in [6, 6.07) is 12.9. The zero-order valence-corrected chi connectivity index (χ0v) is 22.0. The second-order valence-corrected chi connectivity index (χ2v) is 9.79. The number of benzene rings is 2. The molecule has 0 atom stereocenters. The quantitative estimate of drug-likeness (QED) is 0.348. The van der Waals surface area contributed by atoms with Gasteiger partial charge in [0.15, 0.2) is 5.82 Å². The van der Waals surface area contributed by atoms with Crippen molar-refractivity contribution < 1.29 is 22.8 Å². The Labute approximate surface area is 228 Å². The molecule has 40 heavy (non-hydrogen) atoms. The number of hydrogen-bond donors (Lipinski definition) is 2. The van der Waals surface area contributed by atoms with Crippen LogP contribution in [-0.4, -0.2) is 68.3 Å². The number of carbonyl (C=O) groups excluding carboxylic acids is 2.